The highest BCUT2D eigenvalue weighted by Crippen LogP contribution is 2.38. The highest BCUT2D eigenvalue weighted by atomic mass is 32.1. The zero-order valence-corrected chi connectivity index (χ0v) is 11.7. The van der Waals surface area contributed by atoms with Crippen molar-refractivity contribution in [1.29, 1.82) is 5.26 Å². The van der Waals surface area contributed by atoms with E-state index in [0.717, 1.165) is 29.7 Å². The number of nitriles is 1. The fourth-order valence-corrected chi connectivity index (χ4v) is 3.37. The zero-order chi connectivity index (χ0) is 14.5. The quantitative estimate of drug-likeness (QED) is 0.557. The largest absolute Gasteiger partial charge is 0.396 e. The maximum absolute atomic E-state index is 11.7. The molecule has 2 amide bonds. The fourth-order valence-electron chi connectivity index (χ4n) is 2.13. The molecule has 0 saturated heterocycles. The van der Waals surface area contributed by atoms with Gasteiger partial charge in [0, 0.05) is 18.0 Å². The Morgan fingerprint density at radius 1 is 1.35 bits per heavy atom. The van der Waals surface area contributed by atoms with Crippen LogP contribution in [0.25, 0.3) is 0 Å². The van der Waals surface area contributed by atoms with Gasteiger partial charge in [-0.2, -0.15) is 5.26 Å². The molecule has 0 bridgehead atoms. The number of fused-ring (bicyclic) bond motifs is 1. The van der Waals surface area contributed by atoms with Crippen molar-refractivity contribution in [2.45, 2.75) is 25.7 Å². The van der Waals surface area contributed by atoms with Gasteiger partial charge < -0.3 is 15.7 Å². The van der Waals surface area contributed by atoms with E-state index in [2.05, 4.69) is 16.7 Å². The Morgan fingerprint density at radius 2 is 2.15 bits per heavy atom. The second-order valence-corrected chi connectivity index (χ2v) is 5.57. The second kappa shape index (κ2) is 6.50. The van der Waals surface area contributed by atoms with Crippen LogP contribution in [0.5, 0.6) is 0 Å². The van der Waals surface area contributed by atoms with Crippen molar-refractivity contribution in [2.75, 3.05) is 18.5 Å². The monoisotopic (exact) mass is 293 g/mol. The highest BCUT2D eigenvalue weighted by Gasteiger charge is 2.24. The van der Waals surface area contributed by atoms with Crippen molar-refractivity contribution < 1.29 is 14.7 Å². The molecule has 0 unspecified atom stereocenters. The summed E-state index contributed by atoms with van der Waals surface area (Å²) in [7, 11) is 0. The predicted octanol–water partition coefficient (Wildman–Crippen LogP) is 0.546. The summed E-state index contributed by atoms with van der Waals surface area (Å²) in [5.41, 5.74) is 1.49. The number of hydrogen-bond acceptors (Lipinski definition) is 5. The molecule has 0 saturated carbocycles. The number of aliphatic hydroxyl groups excluding tert-OH is 1. The Morgan fingerprint density at radius 3 is 2.85 bits per heavy atom. The van der Waals surface area contributed by atoms with Gasteiger partial charge in [0.05, 0.1) is 5.56 Å². The Kier molecular flexibility index (Phi) is 4.71. The second-order valence-electron chi connectivity index (χ2n) is 4.46. The Labute approximate surface area is 120 Å². The first-order valence-corrected chi connectivity index (χ1v) is 7.23. The van der Waals surface area contributed by atoms with E-state index in [-0.39, 0.29) is 13.2 Å². The molecular weight excluding hydrogens is 278 g/mol. The van der Waals surface area contributed by atoms with Crippen molar-refractivity contribution in [1.82, 2.24) is 5.32 Å². The summed E-state index contributed by atoms with van der Waals surface area (Å²) >= 11 is 1.37. The molecule has 20 heavy (non-hydrogen) atoms. The summed E-state index contributed by atoms with van der Waals surface area (Å²) in [6.07, 6.45) is 3.21. The number of carbonyl (C=O) groups is 2. The number of aliphatic hydroxyl groups is 1. The van der Waals surface area contributed by atoms with E-state index in [1.54, 1.807) is 0 Å². The van der Waals surface area contributed by atoms with Crippen LogP contribution in [0.2, 0.25) is 0 Å². The first-order valence-electron chi connectivity index (χ1n) is 6.42. The number of rotatable bonds is 4. The maximum atomic E-state index is 11.7. The van der Waals surface area contributed by atoms with E-state index in [1.807, 2.05) is 0 Å². The van der Waals surface area contributed by atoms with Gasteiger partial charge in [-0.05, 0) is 31.2 Å². The average molecular weight is 293 g/mol. The molecule has 3 N–H and O–H groups in total. The van der Waals surface area contributed by atoms with Crippen molar-refractivity contribution in [3.63, 3.8) is 0 Å². The number of anilines is 1. The molecule has 2 rings (SSSR count). The Bertz CT molecular complexity index is 574. The van der Waals surface area contributed by atoms with Crippen LogP contribution in [0.1, 0.15) is 28.8 Å². The van der Waals surface area contributed by atoms with Gasteiger partial charge in [0.1, 0.15) is 11.1 Å². The van der Waals surface area contributed by atoms with Crippen LogP contribution in [0.15, 0.2) is 0 Å². The molecule has 0 atom stereocenters. The van der Waals surface area contributed by atoms with Crippen molar-refractivity contribution in [2.24, 2.45) is 0 Å². The van der Waals surface area contributed by atoms with Crippen LogP contribution >= 0.6 is 11.3 Å². The normalized spacial score (nSPS) is 12.6. The number of nitrogens with zero attached hydrogens (tertiary/aromatic N) is 1. The van der Waals surface area contributed by atoms with Gasteiger partial charge in [-0.15, -0.1) is 11.3 Å². The lowest BCUT2D eigenvalue weighted by Crippen LogP contribution is -2.36. The maximum Gasteiger partial charge on any atom is 0.314 e. The van der Waals surface area contributed by atoms with Gasteiger partial charge in [-0.25, -0.2) is 0 Å². The summed E-state index contributed by atoms with van der Waals surface area (Å²) in [6.45, 7) is 0.201. The smallest absolute Gasteiger partial charge is 0.314 e. The standard InChI is InChI=1S/C13H15N3O3S/c14-7-9-8-3-1-4-10(8)20-13(9)16-12(19)11(18)15-5-2-6-17/h17H,1-6H2,(H,15,18)(H,16,19). The highest BCUT2D eigenvalue weighted by molar-refractivity contribution is 7.16. The Hall–Kier alpha value is -1.91. The molecule has 7 heteroatoms. The Balaban J connectivity index is 2.02. The van der Waals surface area contributed by atoms with Crippen LogP contribution in [0.3, 0.4) is 0 Å². The molecule has 0 aliphatic heterocycles. The minimum absolute atomic E-state index is 0.0435. The molecule has 1 aliphatic rings. The molecule has 1 aromatic heterocycles. The third-order valence-corrected chi connectivity index (χ3v) is 4.29. The summed E-state index contributed by atoms with van der Waals surface area (Å²) < 4.78 is 0. The number of hydrogen-bond donors (Lipinski definition) is 3. The van der Waals surface area contributed by atoms with Crippen molar-refractivity contribution in [3.05, 3.63) is 16.0 Å². The van der Waals surface area contributed by atoms with E-state index < -0.39 is 11.8 Å². The molecular formula is C13H15N3O3S. The van der Waals surface area contributed by atoms with E-state index in [4.69, 9.17) is 5.11 Å². The van der Waals surface area contributed by atoms with E-state index in [1.165, 1.54) is 11.3 Å². The number of thiophene rings is 1. The average Bonchev–Trinajstić information content (AvgIpc) is 2.98. The first-order chi connectivity index (χ1) is 9.67. The van der Waals surface area contributed by atoms with Crippen LogP contribution < -0.4 is 10.6 Å². The molecule has 1 aliphatic carbocycles. The molecule has 1 aromatic rings. The summed E-state index contributed by atoms with van der Waals surface area (Å²) in [4.78, 5) is 24.4. The topological polar surface area (TPSA) is 102 Å². The third kappa shape index (κ3) is 2.98. The number of nitrogens with one attached hydrogen (secondary N) is 2. The van der Waals surface area contributed by atoms with E-state index >= 15 is 0 Å². The molecule has 106 valence electrons. The van der Waals surface area contributed by atoms with Crippen molar-refractivity contribution >= 4 is 28.2 Å². The minimum atomic E-state index is -0.778. The molecule has 1 heterocycles. The minimum Gasteiger partial charge on any atom is -0.396 e. The molecule has 0 radical (unpaired) electrons. The van der Waals surface area contributed by atoms with Crippen LogP contribution in [-0.2, 0) is 22.4 Å². The van der Waals surface area contributed by atoms with Crippen LogP contribution in [0, 0.1) is 11.3 Å². The van der Waals surface area contributed by atoms with Crippen LogP contribution in [0.4, 0.5) is 5.00 Å². The zero-order valence-electron chi connectivity index (χ0n) is 10.9. The third-order valence-electron chi connectivity index (χ3n) is 3.09. The molecule has 0 aromatic carbocycles. The molecule has 6 nitrogen and oxygen atoms in total. The lowest BCUT2D eigenvalue weighted by molar-refractivity contribution is -0.136. The number of amides is 2. The summed E-state index contributed by atoms with van der Waals surface area (Å²) in [5, 5.41) is 23.1. The van der Waals surface area contributed by atoms with E-state index in [9.17, 15) is 14.9 Å². The lowest BCUT2D eigenvalue weighted by atomic mass is 10.1. The molecule has 0 spiro atoms. The summed E-state index contributed by atoms with van der Waals surface area (Å²) in [5.74, 6) is -1.53. The first kappa shape index (κ1) is 14.5. The van der Waals surface area contributed by atoms with Gasteiger partial charge in [-0.3, -0.25) is 9.59 Å². The van der Waals surface area contributed by atoms with Crippen LogP contribution in [-0.4, -0.2) is 30.1 Å². The van der Waals surface area contributed by atoms with Crippen molar-refractivity contribution in [3.8, 4) is 6.07 Å². The summed E-state index contributed by atoms with van der Waals surface area (Å²) in [6, 6.07) is 2.10. The van der Waals surface area contributed by atoms with Gasteiger partial charge in [0.15, 0.2) is 0 Å². The number of carbonyl (C=O) groups excluding carboxylic acids is 2. The fraction of sp³-hybridized carbons (Fsp3) is 0.462. The van der Waals surface area contributed by atoms with Gasteiger partial charge in [-0.1, -0.05) is 0 Å². The lowest BCUT2D eigenvalue weighted by Gasteiger charge is -2.05. The SMILES string of the molecule is N#Cc1c(NC(=O)C(=O)NCCCO)sc2c1CCC2. The predicted molar refractivity (Wildman–Crippen MR) is 74.4 cm³/mol. The van der Waals surface area contributed by atoms with Gasteiger partial charge >= 0.3 is 11.8 Å². The molecule has 0 fully saturated rings. The number of aryl methyl sites for hydroxylation is 1. The van der Waals surface area contributed by atoms with Gasteiger partial charge in [0.25, 0.3) is 0 Å². The van der Waals surface area contributed by atoms with Gasteiger partial charge in [0.2, 0.25) is 0 Å². The van der Waals surface area contributed by atoms with E-state index in [0.29, 0.717) is 17.0 Å².